The summed E-state index contributed by atoms with van der Waals surface area (Å²) < 4.78 is 10.6. The smallest absolute Gasteiger partial charge is 0.329 e. The van der Waals surface area contributed by atoms with Gasteiger partial charge >= 0.3 is 11.8 Å². The summed E-state index contributed by atoms with van der Waals surface area (Å²) in [6.45, 7) is 1.72. The van der Waals surface area contributed by atoms with E-state index in [-0.39, 0.29) is 19.1 Å². The van der Waals surface area contributed by atoms with E-state index >= 15 is 0 Å². The summed E-state index contributed by atoms with van der Waals surface area (Å²) in [6, 6.07) is 10.2. The summed E-state index contributed by atoms with van der Waals surface area (Å²) >= 11 is 0. The van der Waals surface area contributed by atoms with Crippen LogP contribution in [-0.4, -0.2) is 48.5 Å². The fourth-order valence-corrected chi connectivity index (χ4v) is 2.73. The number of carbonyl (C=O) groups is 3. The minimum Gasteiger partial charge on any atom is -0.484 e. The zero-order valence-corrected chi connectivity index (χ0v) is 15.8. The Kier molecular flexibility index (Phi) is 6.99. The Balaban J connectivity index is 1.39. The average Bonchev–Trinajstić information content (AvgIpc) is 3.45. The molecule has 1 aliphatic heterocycles. The molecule has 0 bridgehead atoms. The number of hydrazone groups is 1. The maximum absolute atomic E-state index is 12.0. The number of amides is 3. The fourth-order valence-electron chi connectivity index (χ4n) is 2.73. The third-order valence-corrected chi connectivity index (χ3v) is 4.29. The van der Waals surface area contributed by atoms with E-state index < -0.39 is 11.8 Å². The highest BCUT2D eigenvalue weighted by atomic mass is 16.5. The minimum absolute atomic E-state index is 0.0105. The molecule has 1 aromatic carbocycles. The molecule has 3 amide bonds. The van der Waals surface area contributed by atoms with Crippen molar-refractivity contribution in [3.05, 3.63) is 54.0 Å². The molecule has 1 aromatic heterocycles. The number of rotatable bonds is 7. The quantitative estimate of drug-likeness (QED) is 0.411. The number of hydrogen-bond donors (Lipinski definition) is 2. The average molecular weight is 398 g/mol. The van der Waals surface area contributed by atoms with Gasteiger partial charge in [0, 0.05) is 13.1 Å². The number of nitrogens with zero attached hydrogens (tertiary/aromatic N) is 2. The van der Waals surface area contributed by atoms with E-state index in [4.69, 9.17) is 9.15 Å². The van der Waals surface area contributed by atoms with Crippen molar-refractivity contribution in [1.82, 2.24) is 15.6 Å². The van der Waals surface area contributed by atoms with Crippen molar-refractivity contribution in [2.75, 3.05) is 19.7 Å². The van der Waals surface area contributed by atoms with Gasteiger partial charge in [0.2, 0.25) is 0 Å². The monoisotopic (exact) mass is 398 g/mol. The van der Waals surface area contributed by atoms with Crippen LogP contribution in [-0.2, 0) is 20.9 Å². The van der Waals surface area contributed by atoms with Crippen LogP contribution in [0.2, 0.25) is 0 Å². The molecule has 1 saturated heterocycles. The van der Waals surface area contributed by atoms with Gasteiger partial charge in [-0.05, 0) is 54.8 Å². The molecule has 3 rings (SSSR count). The van der Waals surface area contributed by atoms with E-state index in [2.05, 4.69) is 15.8 Å². The first kappa shape index (κ1) is 20.1. The Morgan fingerprint density at radius 3 is 2.55 bits per heavy atom. The Morgan fingerprint density at radius 2 is 1.86 bits per heavy atom. The van der Waals surface area contributed by atoms with E-state index in [0.29, 0.717) is 17.1 Å². The third kappa shape index (κ3) is 6.20. The maximum atomic E-state index is 12.0. The number of benzene rings is 1. The van der Waals surface area contributed by atoms with Crippen molar-refractivity contribution in [3.8, 4) is 5.75 Å². The van der Waals surface area contributed by atoms with E-state index in [0.717, 1.165) is 25.9 Å². The highest BCUT2D eigenvalue weighted by Gasteiger charge is 2.18. The number of ether oxygens (including phenoxy) is 1. The predicted molar refractivity (Wildman–Crippen MR) is 104 cm³/mol. The van der Waals surface area contributed by atoms with E-state index in [1.165, 1.54) is 12.5 Å². The van der Waals surface area contributed by atoms with Gasteiger partial charge in [0.25, 0.3) is 5.91 Å². The molecule has 152 valence electrons. The van der Waals surface area contributed by atoms with Gasteiger partial charge in [-0.1, -0.05) is 0 Å². The van der Waals surface area contributed by atoms with Crippen LogP contribution in [0, 0.1) is 0 Å². The number of likely N-dealkylation sites (tertiary alicyclic amines) is 1. The zero-order chi connectivity index (χ0) is 20.5. The molecule has 0 aliphatic carbocycles. The van der Waals surface area contributed by atoms with Crippen LogP contribution in [0.4, 0.5) is 0 Å². The lowest BCUT2D eigenvalue weighted by atomic mass is 10.2. The van der Waals surface area contributed by atoms with E-state index in [9.17, 15) is 14.4 Å². The summed E-state index contributed by atoms with van der Waals surface area (Å²) in [6.07, 6.45) is 4.97. The highest BCUT2D eigenvalue weighted by Crippen LogP contribution is 2.12. The maximum Gasteiger partial charge on any atom is 0.329 e. The van der Waals surface area contributed by atoms with Crippen LogP contribution in [0.3, 0.4) is 0 Å². The molecule has 0 saturated carbocycles. The number of carbonyl (C=O) groups excluding carboxylic acids is 3. The molecule has 0 spiro atoms. The zero-order valence-electron chi connectivity index (χ0n) is 15.8. The molecule has 2 aromatic rings. The van der Waals surface area contributed by atoms with E-state index in [1.54, 1.807) is 41.3 Å². The van der Waals surface area contributed by atoms with Gasteiger partial charge in [-0.3, -0.25) is 14.4 Å². The van der Waals surface area contributed by atoms with Gasteiger partial charge in [0.1, 0.15) is 11.5 Å². The lowest BCUT2D eigenvalue weighted by molar-refractivity contribution is -0.139. The number of hydrogen-bond acceptors (Lipinski definition) is 6. The van der Waals surface area contributed by atoms with E-state index in [1.807, 2.05) is 0 Å². The summed E-state index contributed by atoms with van der Waals surface area (Å²) in [5, 5.41) is 6.17. The fraction of sp³-hybridized carbons (Fsp3) is 0.300. The Morgan fingerprint density at radius 1 is 1.10 bits per heavy atom. The van der Waals surface area contributed by atoms with Crippen LogP contribution >= 0.6 is 0 Å². The van der Waals surface area contributed by atoms with Crippen molar-refractivity contribution in [1.29, 1.82) is 0 Å². The highest BCUT2D eigenvalue weighted by molar-refractivity contribution is 6.35. The first-order chi connectivity index (χ1) is 14.1. The molecule has 0 radical (unpaired) electrons. The minimum atomic E-state index is -0.881. The number of nitrogens with one attached hydrogen (secondary N) is 2. The molecule has 1 fully saturated rings. The largest absolute Gasteiger partial charge is 0.484 e. The summed E-state index contributed by atoms with van der Waals surface area (Å²) in [4.78, 5) is 37.1. The van der Waals surface area contributed by atoms with Crippen LogP contribution in [0.15, 0.2) is 52.2 Å². The summed E-state index contributed by atoms with van der Waals surface area (Å²) in [5.74, 6) is -0.602. The van der Waals surface area contributed by atoms with Gasteiger partial charge in [-0.15, -0.1) is 0 Å². The van der Waals surface area contributed by atoms with Gasteiger partial charge in [-0.25, -0.2) is 5.43 Å². The van der Waals surface area contributed by atoms with Gasteiger partial charge in [0.05, 0.1) is 19.0 Å². The van der Waals surface area contributed by atoms with Crippen molar-refractivity contribution >= 4 is 23.9 Å². The Labute approximate surface area is 167 Å². The van der Waals surface area contributed by atoms with Gasteiger partial charge < -0.3 is 19.4 Å². The molecule has 9 nitrogen and oxygen atoms in total. The standard InChI is InChI=1S/C20H22N4O5/c25-18(24-9-1-2-10-24)14-29-16-7-5-15(6-8-16)12-22-23-20(27)19(26)21-13-17-4-3-11-28-17/h3-8,11-12H,1-2,9-10,13-14H2,(H,21,26)(H,23,27)/b22-12-. The van der Waals surface area contributed by atoms with Crippen LogP contribution in [0.5, 0.6) is 5.75 Å². The lowest BCUT2D eigenvalue weighted by Crippen LogP contribution is -2.37. The van der Waals surface area contributed by atoms with Gasteiger partial charge in [-0.2, -0.15) is 5.10 Å². The Hall–Kier alpha value is -3.62. The SMILES string of the molecule is O=C(NCc1ccco1)C(=O)N/N=C\c1ccc(OCC(=O)N2CCCC2)cc1. The van der Waals surface area contributed by atoms with Crippen molar-refractivity contribution in [2.45, 2.75) is 19.4 Å². The van der Waals surface area contributed by atoms with Gasteiger partial charge in [0.15, 0.2) is 6.61 Å². The first-order valence-electron chi connectivity index (χ1n) is 9.26. The van der Waals surface area contributed by atoms with Crippen LogP contribution in [0.1, 0.15) is 24.2 Å². The second-order valence-corrected chi connectivity index (χ2v) is 6.41. The summed E-state index contributed by atoms with van der Waals surface area (Å²) in [5.41, 5.74) is 2.85. The second-order valence-electron chi connectivity index (χ2n) is 6.41. The topological polar surface area (TPSA) is 113 Å². The molecule has 1 aliphatic rings. The number of furan rings is 1. The molecule has 0 unspecified atom stereocenters. The first-order valence-corrected chi connectivity index (χ1v) is 9.26. The summed E-state index contributed by atoms with van der Waals surface area (Å²) in [7, 11) is 0. The van der Waals surface area contributed by atoms with Crippen molar-refractivity contribution < 1.29 is 23.5 Å². The Bertz CT molecular complexity index is 856. The van der Waals surface area contributed by atoms with Crippen LogP contribution < -0.4 is 15.5 Å². The molecule has 29 heavy (non-hydrogen) atoms. The molecular formula is C20H22N4O5. The lowest BCUT2D eigenvalue weighted by Gasteiger charge is -2.15. The normalized spacial score (nSPS) is 13.4. The third-order valence-electron chi connectivity index (χ3n) is 4.29. The van der Waals surface area contributed by atoms with Crippen LogP contribution in [0.25, 0.3) is 0 Å². The molecule has 0 atom stereocenters. The van der Waals surface area contributed by atoms with Crippen molar-refractivity contribution in [2.24, 2.45) is 5.10 Å². The molecule has 2 N–H and O–H groups in total. The molecular weight excluding hydrogens is 376 g/mol. The predicted octanol–water partition coefficient (Wildman–Crippen LogP) is 1.05. The molecule has 9 heteroatoms. The second kappa shape index (κ2) is 10.1. The molecule has 2 heterocycles. The van der Waals surface area contributed by atoms with Crippen molar-refractivity contribution in [3.63, 3.8) is 0 Å².